The van der Waals surface area contributed by atoms with E-state index in [4.69, 9.17) is 27.8 Å². The van der Waals surface area contributed by atoms with Crippen LogP contribution in [0, 0.1) is 0 Å². The highest BCUT2D eigenvalue weighted by Gasteiger charge is 2.27. The zero-order chi connectivity index (χ0) is 13.3. The second-order valence-corrected chi connectivity index (χ2v) is 5.92. The summed E-state index contributed by atoms with van der Waals surface area (Å²) in [7, 11) is 0. The highest BCUT2D eigenvalue weighted by molar-refractivity contribution is 8.00. The van der Waals surface area contributed by atoms with E-state index in [2.05, 4.69) is 0 Å². The van der Waals surface area contributed by atoms with Crippen molar-refractivity contribution in [2.75, 3.05) is 12.3 Å². The van der Waals surface area contributed by atoms with Crippen molar-refractivity contribution >= 4 is 35.0 Å². The van der Waals surface area contributed by atoms with Crippen LogP contribution < -0.4 is 11.5 Å². The molecule has 0 spiro atoms. The van der Waals surface area contributed by atoms with Gasteiger partial charge >= 0.3 is 0 Å². The molecule has 2 rings (SSSR count). The average Bonchev–Trinajstić information content (AvgIpc) is 2.67. The monoisotopic (exact) mass is 286 g/mol. The van der Waals surface area contributed by atoms with Crippen molar-refractivity contribution in [1.82, 2.24) is 0 Å². The Morgan fingerprint density at radius 2 is 2.28 bits per heavy atom. The molecule has 1 heterocycles. The van der Waals surface area contributed by atoms with Gasteiger partial charge in [-0.15, -0.1) is 11.8 Å². The number of carbonyl (C=O) groups excluding carboxylic acids is 1. The lowest BCUT2D eigenvalue weighted by Gasteiger charge is -2.16. The Morgan fingerprint density at radius 1 is 1.56 bits per heavy atom. The van der Waals surface area contributed by atoms with Crippen molar-refractivity contribution in [1.29, 1.82) is 0 Å². The lowest BCUT2D eigenvalue weighted by Crippen LogP contribution is -2.17. The van der Waals surface area contributed by atoms with Gasteiger partial charge in [0.2, 0.25) is 5.91 Å². The maximum absolute atomic E-state index is 11.4. The summed E-state index contributed by atoms with van der Waals surface area (Å²) in [4.78, 5) is 12.1. The van der Waals surface area contributed by atoms with Crippen LogP contribution in [-0.4, -0.2) is 23.9 Å². The molecule has 0 radical (unpaired) electrons. The molecule has 4 N–H and O–H groups in total. The molecule has 6 heteroatoms. The van der Waals surface area contributed by atoms with E-state index in [9.17, 15) is 4.79 Å². The fourth-order valence-electron chi connectivity index (χ4n) is 1.94. The van der Waals surface area contributed by atoms with Crippen molar-refractivity contribution in [3.8, 4) is 0 Å². The van der Waals surface area contributed by atoms with Crippen molar-refractivity contribution in [3.05, 3.63) is 22.7 Å². The molecule has 2 unspecified atom stereocenters. The smallest absolute Gasteiger partial charge is 0.249 e. The van der Waals surface area contributed by atoms with Crippen LogP contribution in [-0.2, 0) is 4.74 Å². The Bertz CT molecular complexity index is 481. The number of halogens is 1. The molecule has 1 aliphatic rings. The Morgan fingerprint density at radius 3 is 2.83 bits per heavy atom. The Balaban J connectivity index is 2.33. The van der Waals surface area contributed by atoms with Gasteiger partial charge in [0.15, 0.2) is 0 Å². The number of nitrogens with two attached hydrogens (primary N) is 2. The molecule has 4 nitrogen and oxygen atoms in total. The number of amides is 1. The molecule has 0 saturated carbocycles. The Kier molecular flexibility index (Phi) is 4.04. The van der Waals surface area contributed by atoms with E-state index in [1.807, 2.05) is 6.92 Å². The number of nitrogen functional groups attached to an aromatic ring is 1. The molecule has 98 valence electrons. The van der Waals surface area contributed by atoms with Gasteiger partial charge in [0.25, 0.3) is 0 Å². The van der Waals surface area contributed by atoms with E-state index in [1.165, 1.54) is 11.8 Å². The number of rotatable bonds is 3. The van der Waals surface area contributed by atoms with Gasteiger partial charge in [-0.2, -0.15) is 0 Å². The average molecular weight is 287 g/mol. The topological polar surface area (TPSA) is 78.3 Å². The van der Waals surface area contributed by atoms with E-state index < -0.39 is 5.91 Å². The van der Waals surface area contributed by atoms with Gasteiger partial charge in [0, 0.05) is 22.4 Å². The van der Waals surface area contributed by atoms with Crippen LogP contribution >= 0.6 is 23.4 Å². The molecule has 0 aromatic heterocycles. The maximum atomic E-state index is 11.4. The first-order valence-electron chi connectivity index (χ1n) is 5.66. The molecule has 1 aromatic rings. The molecule has 1 saturated heterocycles. The van der Waals surface area contributed by atoms with E-state index in [1.54, 1.807) is 12.1 Å². The minimum atomic E-state index is -0.515. The summed E-state index contributed by atoms with van der Waals surface area (Å²) in [5, 5.41) is 0.747. The van der Waals surface area contributed by atoms with Crippen molar-refractivity contribution in [2.24, 2.45) is 5.73 Å². The van der Waals surface area contributed by atoms with Crippen molar-refractivity contribution in [3.63, 3.8) is 0 Å². The van der Waals surface area contributed by atoms with Gasteiger partial charge < -0.3 is 16.2 Å². The third kappa shape index (κ3) is 2.74. The second kappa shape index (κ2) is 5.38. The molecular weight excluding hydrogens is 272 g/mol. The molecule has 1 amide bonds. The Hall–Kier alpha value is -0.910. The van der Waals surface area contributed by atoms with Crippen LogP contribution in [0.15, 0.2) is 17.0 Å². The zero-order valence-electron chi connectivity index (χ0n) is 9.98. The summed E-state index contributed by atoms with van der Waals surface area (Å²) in [6.45, 7) is 2.75. The second-order valence-electron chi connectivity index (χ2n) is 4.26. The van der Waals surface area contributed by atoms with Crippen LogP contribution in [0.1, 0.15) is 23.7 Å². The Labute approximate surface area is 115 Å². The van der Waals surface area contributed by atoms with Gasteiger partial charge in [-0.1, -0.05) is 11.6 Å². The van der Waals surface area contributed by atoms with Crippen LogP contribution in [0.2, 0.25) is 5.02 Å². The van der Waals surface area contributed by atoms with Crippen LogP contribution in [0.5, 0.6) is 0 Å². The van der Waals surface area contributed by atoms with E-state index in [0.717, 1.165) is 13.0 Å². The van der Waals surface area contributed by atoms with Gasteiger partial charge in [-0.05, 0) is 25.5 Å². The SMILES string of the molecule is CC1OCCC1Sc1c(Cl)cc(N)cc1C(N)=O. The van der Waals surface area contributed by atoms with E-state index >= 15 is 0 Å². The summed E-state index contributed by atoms with van der Waals surface area (Å²) in [6.07, 6.45) is 1.08. The lowest BCUT2D eigenvalue weighted by molar-refractivity contribution is 0.0997. The molecule has 1 fully saturated rings. The number of anilines is 1. The largest absolute Gasteiger partial charge is 0.399 e. The molecule has 2 atom stereocenters. The van der Waals surface area contributed by atoms with Crippen LogP contribution in [0.25, 0.3) is 0 Å². The predicted molar refractivity (Wildman–Crippen MR) is 74.1 cm³/mol. The number of carbonyl (C=O) groups is 1. The highest BCUT2D eigenvalue weighted by atomic mass is 35.5. The van der Waals surface area contributed by atoms with E-state index in [-0.39, 0.29) is 11.4 Å². The third-order valence-electron chi connectivity index (χ3n) is 2.91. The number of benzene rings is 1. The zero-order valence-corrected chi connectivity index (χ0v) is 11.6. The third-order valence-corrected chi connectivity index (χ3v) is 4.91. The highest BCUT2D eigenvalue weighted by Crippen LogP contribution is 2.39. The normalized spacial score (nSPS) is 23.2. The fourth-order valence-corrected chi connectivity index (χ4v) is 3.54. The summed E-state index contributed by atoms with van der Waals surface area (Å²) in [5.74, 6) is -0.515. The molecular formula is C12H15ClN2O2S. The minimum absolute atomic E-state index is 0.143. The van der Waals surface area contributed by atoms with Crippen LogP contribution in [0.4, 0.5) is 5.69 Å². The maximum Gasteiger partial charge on any atom is 0.249 e. The number of hydrogen-bond acceptors (Lipinski definition) is 4. The quantitative estimate of drug-likeness (QED) is 0.836. The number of primary amides is 1. The molecule has 1 aromatic carbocycles. The first kappa shape index (κ1) is 13.5. The fraction of sp³-hybridized carbons (Fsp3) is 0.417. The van der Waals surface area contributed by atoms with Gasteiger partial charge in [0.1, 0.15) is 0 Å². The summed E-state index contributed by atoms with van der Waals surface area (Å²) in [5.41, 5.74) is 11.9. The number of thioether (sulfide) groups is 1. The van der Waals surface area contributed by atoms with E-state index in [0.29, 0.717) is 21.2 Å². The molecule has 0 aliphatic carbocycles. The number of hydrogen-bond donors (Lipinski definition) is 2. The predicted octanol–water partition coefficient (Wildman–Crippen LogP) is 2.29. The first-order valence-corrected chi connectivity index (χ1v) is 6.92. The first-order chi connectivity index (χ1) is 8.49. The summed E-state index contributed by atoms with van der Waals surface area (Å²) in [6, 6.07) is 3.20. The summed E-state index contributed by atoms with van der Waals surface area (Å²) >= 11 is 7.69. The van der Waals surface area contributed by atoms with Gasteiger partial charge in [0.05, 0.1) is 16.7 Å². The molecule has 18 heavy (non-hydrogen) atoms. The standard InChI is InChI=1S/C12H15ClN2O2S/c1-6-10(2-3-17-6)18-11-8(12(15)16)4-7(14)5-9(11)13/h4-6,10H,2-3,14H2,1H3,(H2,15,16). The van der Waals surface area contributed by atoms with Crippen molar-refractivity contribution < 1.29 is 9.53 Å². The number of ether oxygens (including phenoxy) is 1. The molecule has 0 bridgehead atoms. The van der Waals surface area contributed by atoms with Gasteiger partial charge in [-0.25, -0.2) is 0 Å². The van der Waals surface area contributed by atoms with Crippen molar-refractivity contribution in [2.45, 2.75) is 29.6 Å². The summed E-state index contributed by atoms with van der Waals surface area (Å²) < 4.78 is 5.50. The molecule has 1 aliphatic heterocycles. The lowest BCUT2D eigenvalue weighted by atomic mass is 10.2. The minimum Gasteiger partial charge on any atom is -0.399 e. The van der Waals surface area contributed by atoms with Gasteiger partial charge in [-0.3, -0.25) is 4.79 Å². The van der Waals surface area contributed by atoms with Crippen LogP contribution in [0.3, 0.4) is 0 Å².